The van der Waals surface area contributed by atoms with Crippen LogP contribution < -0.4 is 0 Å². The molecular weight excluding hydrogens is 308 g/mol. The lowest BCUT2D eigenvalue weighted by atomic mass is 10.2. The van der Waals surface area contributed by atoms with Crippen molar-refractivity contribution < 1.29 is 27.6 Å². The molecule has 0 fully saturated rings. The van der Waals surface area contributed by atoms with Gasteiger partial charge in [-0.05, 0) is 31.4 Å². The van der Waals surface area contributed by atoms with Crippen molar-refractivity contribution in [2.75, 3.05) is 6.61 Å². The van der Waals surface area contributed by atoms with Crippen LogP contribution in [0.3, 0.4) is 0 Å². The molecule has 6 nitrogen and oxygen atoms in total. The van der Waals surface area contributed by atoms with Crippen molar-refractivity contribution in [1.82, 2.24) is 0 Å². The van der Waals surface area contributed by atoms with E-state index in [-0.39, 0.29) is 4.90 Å². The third kappa shape index (κ3) is 8.76. The molecule has 1 unspecified atom stereocenters. The van der Waals surface area contributed by atoms with Gasteiger partial charge >= 0.3 is 5.97 Å². The Morgan fingerprint density at radius 2 is 1.73 bits per heavy atom. The van der Waals surface area contributed by atoms with Crippen LogP contribution in [-0.4, -0.2) is 36.8 Å². The average Bonchev–Trinajstić information content (AvgIpc) is 2.44. The zero-order chi connectivity index (χ0) is 17.3. The molecule has 0 saturated carbocycles. The standard InChI is InChI=1S/C8H16O3.C7H8O3S/c1-4-7(9)8(10)11-5-6(2)3;1-6-2-4-7(5-3-6)11(8,9)10/h6-7,9H,4-5H2,1-3H3;2-5H,1H3,(H,8,9,10). The van der Waals surface area contributed by atoms with Gasteiger partial charge < -0.3 is 9.84 Å². The third-order valence-corrected chi connectivity index (χ3v) is 3.40. The molecule has 0 radical (unpaired) electrons. The average molecular weight is 332 g/mol. The minimum Gasteiger partial charge on any atom is -0.464 e. The van der Waals surface area contributed by atoms with Crippen LogP contribution in [0.5, 0.6) is 0 Å². The van der Waals surface area contributed by atoms with Crippen LogP contribution in [0.15, 0.2) is 29.2 Å². The molecule has 2 N–H and O–H groups in total. The SMILES string of the molecule is CCC(O)C(=O)OCC(C)C.Cc1ccc(S(=O)(=O)O)cc1. The van der Waals surface area contributed by atoms with Crippen LogP contribution in [0, 0.1) is 12.8 Å². The van der Waals surface area contributed by atoms with Gasteiger partial charge in [-0.25, -0.2) is 4.79 Å². The molecule has 126 valence electrons. The number of aryl methyl sites for hydroxylation is 1. The molecule has 7 heteroatoms. The summed E-state index contributed by atoms with van der Waals surface area (Å²) in [5, 5.41) is 8.96. The maximum absolute atomic E-state index is 10.8. The minimum atomic E-state index is -4.02. The first-order valence-electron chi connectivity index (χ1n) is 6.96. The summed E-state index contributed by atoms with van der Waals surface area (Å²) in [5.74, 6) is -0.191. The molecule has 1 aromatic carbocycles. The minimum absolute atomic E-state index is 0.0666. The van der Waals surface area contributed by atoms with Gasteiger partial charge in [-0.15, -0.1) is 0 Å². The van der Waals surface area contributed by atoms with E-state index in [1.807, 2.05) is 20.8 Å². The Morgan fingerprint density at radius 3 is 2.09 bits per heavy atom. The summed E-state index contributed by atoms with van der Waals surface area (Å²) in [4.78, 5) is 10.7. The maximum atomic E-state index is 10.8. The fraction of sp³-hybridized carbons (Fsp3) is 0.533. The summed E-state index contributed by atoms with van der Waals surface area (Å²) >= 11 is 0. The van der Waals surface area contributed by atoms with E-state index in [9.17, 15) is 13.2 Å². The first kappa shape index (κ1) is 20.6. The maximum Gasteiger partial charge on any atom is 0.334 e. The highest BCUT2D eigenvalue weighted by Crippen LogP contribution is 2.08. The summed E-state index contributed by atoms with van der Waals surface area (Å²) in [6.07, 6.45) is -0.537. The Labute approximate surface area is 131 Å². The van der Waals surface area contributed by atoms with E-state index in [1.165, 1.54) is 12.1 Å². The van der Waals surface area contributed by atoms with E-state index in [1.54, 1.807) is 19.1 Å². The number of benzene rings is 1. The summed E-state index contributed by atoms with van der Waals surface area (Å²) in [7, 11) is -4.02. The largest absolute Gasteiger partial charge is 0.464 e. The number of esters is 1. The summed E-state index contributed by atoms with van der Waals surface area (Å²) in [6, 6.07) is 5.99. The topological polar surface area (TPSA) is 101 Å². The first-order valence-corrected chi connectivity index (χ1v) is 8.40. The monoisotopic (exact) mass is 332 g/mol. The lowest BCUT2D eigenvalue weighted by Gasteiger charge is -2.09. The van der Waals surface area contributed by atoms with Gasteiger partial charge in [0.05, 0.1) is 11.5 Å². The molecule has 1 atom stereocenters. The fourth-order valence-electron chi connectivity index (χ4n) is 1.22. The molecule has 0 bridgehead atoms. The summed E-state index contributed by atoms with van der Waals surface area (Å²) in [5.41, 5.74) is 0.956. The van der Waals surface area contributed by atoms with Crippen LogP contribution in [0.2, 0.25) is 0 Å². The van der Waals surface area contributed by atoms with Crippen molar-refractivity contribution in [1.29, 1.82) is 0 Å². The highest BCUT2D eigenvalue weighted by Gasteiger charge is 2.13. The van der Waals surface area contributed by atoms with E-state index in [0.717, 1.165) is 5.56 Å². The quantitative estimate of drug-likeness (QED) is 0.633. The van der Waals surface area contributed by atoms with Crippen molar-refractivity contribution in [3.8, 4) is 0 Å². The Bertz CT molecular complexity index is 548. The molecule has 0 aliphatic carbocycles. The van der Waals surface area contributed by atoms with Gasteiger partial charge in [0.25, 0.3) is 10.1 Å². The second-order valence-electron chi connectivity index (χ2n) is 5.24. The van der Waals surface area contributed by atoms with Crippen LogP contribution in [0.4, 0.5) is 0 Å². The Balaban J connectivity index is 0.000000401. The van der Waals surface area contributed by atoms with E-state index in [4.69, 9.17) is 14.4 Å². The Kier molecular flexibility index (Phi) is 8.93. The predicted molar refractivity (Wildman–Crippen MR) is 83.1 cm³/mol. The van der Waals surface area contributed by atoms with Gasteiger partial charge in [-0.1, -0.05) is 38.5 Å². The van der Waals surface area contributed by atoms with Crippen LogP contribution in [-0.2, 0) is 19.6 Å². The molecule has 0 aliphatic heterocycles. The van der Waals surface area contributed by atoms with Crippen molar-refractivity contribution >= 4 is 16.1 Å². The molecule has 1 rings (SSSR count). The lowest BCUT2D eigenvalue weighted by Crippen LogP contribution is -2.23. The predicted octanol–water partition coefficient (Wildman–Crippen LogP) is 2.20. The van der Waals surface area contributed by atoms with E-state index >= 15 is 0 Å². The van der Waals surface area contributed by atoms with Gasteiger partial charge in [0.15, 0.2) is 6.10 Å². The summed E-state index contributed by atoms with van der Waals surface area (Å²) < 4.78 is 34.3. The second-order valence-corrected chi connectivity index (χ2v) is 6.66. The molecule has 0 heterocycles. The van der Waals surface area contributed by atoms with Gasteiger partial charge in [0, 0.05) is 0 Å². The number of rotatable bonds is 5. The third-order valence-electron chi connectivity index (χ3n) is 2.54. The van der Waals surface area contributed by atoms with Crippen LogP contribution >= 0.6 is 0 Å². The van der Waals surface area contributed by atoms with Crippen molar-refractivity contribution in [3.63, 3.8) is 0 Å². The first-order chi connectivity index (χ1) is 10.1. The Morgan fingerprint density at radius 1 is 1.23 bits per heavy atom. The molecule has 0 amide bonds. The van der Waals surface area contributed by atoms with Gasteiger partial charge in [0.1, 0.15) is 0 Å². The molecule has 0 spiro atoms. The molecular formula is C15H24O6S. The van der Waals surface area contributed by atoms with E-state index in [0.29, 0.717) is 18.9 Å². The number of hydrogen-bond donors (Lipinski definition) is 2. The highest BCUT2D eigenvalue weighted by molar-refractivity contribution is 7.85. The molecule has 0 saturated heterocycles. The summed E-state index contributed by atoms with van der Waals surface area (Å²) in [6.45, 7) is 7.86. The number of aliphatic hydroxyl groups is 1. The molecule has 0 aromatic heterocycles. The highest BCUT2D eigenvalue weighted by atomic mass is 32.2. The molecule has 1 aromatic rings. The fourth-order valence-corrected chi connectivity index (χ4v) is 1.70. The molecule has 0 aliphatic rings. The number of carbonyl (C=O) groups is 1. The van der Waals surface area contributed by atoms with Crippen molar-refractivity contribution in [2.24, 2.45) is 5.92 Å². The smallest absolute Gasteiger partial charge is 0.334 e. The second kappa shape index (κ2) is 9.55. The number of carbonyl (C=O) groups excluding carboxylic acids is 1. The van der Waals surface area contributed by atoms with Crippen molar-refractivity contribution in [2.45, 2.75) is 45.1 Å². The normalized spacial score (nSPS) is 12.3. The molecule has 22 heavy (non-hydrogen) atoms. The van der Waals surface area contributed by atoms with E-state index < -0.39 is 22.2 Å². The lowest BCUT2D eigenvalue weighted by molar-refractivity contribution is -0.154. The number of aliphatic hydroxyl groups excluding tert-OH is 1. The van der Waals surface area contributed by atoms with Gasteiger partial charge in [0.2, 0.25) is 0 Å². The van der Waals surface area contributed by atoms with Crippen LogP contribution in [0.25, 0.3) is 0 Å². The number of hydrogen-bond acceptors (Lipinski definition) is 5. The zero-order valence-corrected chi connectivity index (χ0v) is 14.1. The number of ether oxygens (including phenoxy) is 1. The van der Waals surface area contributed by atoms with Gasteiger partial charge in [-0.3, -0.25) is 4.55 Å². The Hall–Kier alpha value is -1.44. The van der Waals surface area contributed by atoms with Gasteiger partial charge in [-0.2, -0.15) is 8.42 Å². The zero-order valence-electron chi connectivity index (χ0n) is 13.3. The van der Waals surface area contributed by atoms with E-state index in [2.05, 4.69) is 0 Å². The van der Waals surface area contributed by atoms with Crippen LogP contribution in [0.1, 0.15) is 32.8 Å². The van der Waals surface area contributed by atoms with Crippen molar-refractivity contribution in [3.05, 3.63) is 29.8 Å².